The van der Waals surface area contributed by atoms with Gasteiger partial charge < -0.3 is 5.32 Å². The molecule has 1 aliphatic carbocycles. The third kappa shape index (κ3) is 5.48. The third-order valence-electron chi connectivity index (χ3n) is 7.14. The van der Waals surface area contributed by atoms with E-state index in [9.17, 15) is 14.9 Å². The van der Waals surface area contributed by atoms with E-state index in [4.69, 9.17) is 0 Å². The largest absolute Gasteiger partial charge is 0.351 e. The van der Waals surface area contributed by atoms with E-state index in [2.05, 4.69) is 37.3 Å². The minimum absolute atomic E-state index is 0.0416. The Bertz CT molecular complexity index is 1070. The molecule has 1 aliphatic heterocycles. The number of nitriles is 1. The lowest BCUT2D eigenvalue weighted by molar-refractivity contribution is -0.131. The molecule has 184 valence electrons. The molecule has 2 amide bonds. The maximum atomic E-state index is 13.9. The van der Waals surface area contributed by atoms with Gasteiger partial charge in [-0.3, -0.25) is 24.4 Å². The summed E-state index contributed by atoms with van der Waals surface area (Å²) in [7, 11) is 0. The molecule has 0 bridgehead atoms. The maximum Gasteiger partial charge on any atom is 0.251 e. The molecule has 1 aromatic heterocycles. The molecule has 2 aromatic rings. The van der Waals surface area contributed by atoms with Crippen LogP contribution in [0.1, 0.15) is 76.5 Å². The highest BCUT2D eigenvalue weighted by Crippen LogP contribution is 2.33. The van der Waals surface area contributed by atoms with Gasteiger partial charge in [0.15, 0.2) is 6.19 Å². The van der Waals surface area contributed by atoms with Crippen LogP contribution < -0.4 is 10.2 Å². The number of nitrogens with zero attached hydrogens (tertiary/aromatic N) is 4. The first-order valence-electron chi connectivity index (χ1n) is 12.6. The summed E-state index contributed by atoms with van der Waals surface area (Å²) < 4.78 is 0. The first-order chi connectivity index (χ1) is 16.8. The topological polar surface area (TPSA) is 89.3 Å². The molecule has 35 heavy (non-hydrogen) atoms. The standard InChI is InChI=1S/C28H35N5O2/c1-28(2,3)21-11-13-23(14-12-21)33(27(35)24-15-17-32(24)19-29)25(20-8-7-16-30-18-20)26(34)31-22-9-5-4-6-10-22/h7-8,11-14,16,18,22,24-25H,4-6,9-10,15,17H2,1-3H3,(H,31,34)/t24-,25-/m1/s1. The molecule has 7 heteroatoms. The SMILES string of the molecule is CC(C)(C)c1ccc(N(C(=O)[C@H]2CCN2C#N)[C@@H](C(=O)NC2CCCCC2)c2cccnc2)cc1. The van der Waals surface area contributed by atoms with Crippen molar-refractivity contribution in [3.8, 4) is 6.19 Å². The Labute approximate surface area is 208 Å². The molecular formula is C28H35N5O2. The van der Waals surface area contributed by atoms with Crippen molar-refractivity contribution < 1.29 is 9.59 Å². The molecule has 0 radical (unpaired) electrons. The van der Waals surface area contributed by atoms with Gasteiger partial charge >= 0.3 is 0 Å². The monoisotopic (exact) mass is 473 g/mol. The number of hydrogen-bond donors (Lipinski definition) is 1. The Morgan fingerprint density at radius 1 is 1.11 bits per heavy atom. The van der Waals surface area contributed by atoms with Gasteiger partial charge in [0.1, 0.15) is 12.1 Å². The van der Waals surface area contributed by atoms with Gasteiger partial charge in [-0.05, 0) is 48.4 Å². The fourth-order valence-electron chi connectivity index (χ4n) is 4.93. The average molecular weight is 474 g/mol. The maximum absolute atomic E-state index is 13.9. The zero-order valence-electron chi connectivity index (χ0n) is 20.9. The van der Waals surface area contributed by atoms with Crippen LogP contribution in [0.4, 0.5) is 5.69 Å². The fourth-order valence-corrected chi connectivity index (χ4v) is 4.93. The predicted molar refractivity (Wildman–Crippen MR) is 135 cm³/mol. The van der Waals surface area contributed by atoms with Crippen molar-refractivity contribution in [1.29, 1.82) is 5.26 Å². The van der Waals surface area contributed by atoms with Crippen LogP contribution in [0.5, 0.6) is 0 Å². The summed E-state index contributed by atoms with van der Waals surface area (Å²) in [5, 5.41) is 12.7. The van der Waals surface area contributed by atoms with Gasteiger partial charge in [0.25, 0.3) is 5.91 Å². The summed E-state index contributed by atoms with van der Waals surface area (Å²) in [4.78, 5) is 35.1. The lowest BCUT2D eigenvalue weighted by atomic mass is 9.87. The van der Waals surface area contributed by atoms with Crippen molar-refractivity contribution >= 4 is 17.5 Å². The number of carbonyl (C=O) groups is 2. The molecular weight excluding hydrogens is 438 g/mol. The number of likely N-dealkylation sites (tertiary alicyclic amines) is 1. The second-order valence-electron chi connectivity index (χ2n) is 10.6. The van der Waals surface area contributed by atoms with Crippen LogP contribution >= 0.6 is 0 Å². The number of carbonyl (C=O) groups excluding carboxylic acids is 2. The summed E-state index contributed by atoms with van der Waals surface area (Å²) in [5.74, 6) is -0.449. The Morgan fingerprint density at radius 3 is 2.37 bits per heavy atom. The van der Waals surface area contributed by atoms with Crippen molar-refractivity contribution in [2.45, 2.75) is 82.8 Å². The summed E-state index contributed by atoms with van der Waals surface area (Å²) in [6.07, 6.45) is 11.3. The van der Waals surface area contributed by atoms with E-state index >= 15 is 0 Å². The molecule has 1 saturated carbocycles. The van der Waals surface area contributed by atoms with Crippen molar-refractivity contribution in [2.24, 2.45) is 0 Å². The number of rotatable bonds is 6. The minimum atomic E-state index is -0.875. The molecule has 4 rings (SSSR count). The van der Waals surface area contributed by atoms with Crippen LogP contribution in [0.3, 0.4) is 0 Å². The number of pyridine rings is 1. The summed E-state index contributed by atoms with van der Waals surface area (Å²) >= 11 is 0. The summed E-state index contributed by atoms with van der Waals surface area (Å²) in [6.45, 7) is 6.97. The number of hydrogen-bond acceptors (Lipinski definition) is 5. The lowest BCUT2D eigenvalue weighted by Gasteiger charge is -2.41. The molecule has 1 saturated heterocycles. The highest BCUT2D eigenvalue weighted by molar-refractivity contribution is 6.04. The molecule has 2 fully saturated rings. The zero-order valence-corrected chi connectivity index (χ0v) is 20.9. The Balaban J connectivity index is 1.75. The van der Waals surface area contributed by atoms with E-state index in [0.29, 0.717) is 24.2 Å². The number of nitrogens with one attached hydrogen (secondary N) is 1. The smallest absolute Gasteiger partial charge is 0.251 e. The van der Waals surface area contributed by atoms with Crippen LogP contribution in [0, 0.1) is 11.5 Å². The Kier molecular flexibility index (Phi) is 7.39. The van der Waals surface area contributed by atoms with E-state index in [0.717, 1.165) is 31.2 Å². The lowest BCUT2D eigenvalue weighted by Crippen LogP contribution is -2.57. The molecule has 1 aromatic carbocycles. The van der Waals surface area contributed by atoms with Crippen molar-refractivity contribution in [1.82, 2.24) is 15.2 Å². The van der Waals surface area contributed by atoms with Crippen LogP contribution in [-0.4, -0.2) is 40.3 Å². The second-order valence-corrected chi connectivity index (χ2v) is 10.6. The number of aromatic nitrogens is 1. The number of benzene rings is 1. The van der Waals surface area contributed by atoms with Crippen molar-refractivity contribution in [3.05, 3.63) is 59.9 Å². The van der Waals surface area contributed by atoms with Crippen LogP contribution in [-0.2, 0) is 15.0 Å². The van der Waals surface area contributed by atoms with Gasteiger partial charge in [-0.1, -0.05) is 58.2 Å². The van der Waals surface area contributed by atoms with E-state index in [1.54, 1.807) is 23.4 Å². The minimum Gasteiger partial charge on any atom is -0.351 e. The van der Waals surface area contributed by atoms with Gasteiger partial charge in [0.05, 0.1) is 0 Å². The van der Waals surface area contributed by atoms with Crippen molar-refractivity contribution in [3.63, 3.8) is 0 Å². The van der Waals surface area contributed by atoms with E-state index < -0.39 is 12.1 Å². The van der Waals surface area contributed by atoms with E-state index in [-0.39, 0.29) is 23.3 Å². The molecule has 1 N–H and O–H groups in total. The quantitative estimate of drug-likeness (QED) is 0.626. The first kappa shape index (κ1) is 24.7. The highest BCUT2D eigenvalue weighted by Gasteiger charge is 2.42. The first-order valence-corrected chi connectivity index (χ1v) is 12.6. The van der Waals surface area contributed by atoms with Gasteiger partial charge in [-0.2, -0.15) is 5.26 Å². The van der Waals surface area contributed by atoms with Gasteiger partial charge in [0, 0.05) is 36.2 Å². The van der Waals surface area contributed by atoms with Crippen LogP contribution in [0.15, 0.2) is 48.8 Å². The Hall–Kier alpha value is -3.40. The average Bonchev–Trinajstić information content (AvgIpc) is 2.82. The normalized spacial score (nSPS) is 19.3. The summed E-state index contributed by atoms with van der Waals surface area (Å²) in [5.41, 5.74) is 2.39. The second kappa shape index (κ2) is 10.5. The molecule has 2 atom stereocenters. The highest BCUT2D eigenvalue weighted by atomic mass is 16.2. The zero-order chi connectivity index (χ0) is 25.0. The molecule has 2 aliphatic rings. The fraction of sp³-hybridized carbons (Fsp3) is 0.500. The Morgan fingerprint density at radius 2 is 1.83 bits per heavy atom. The molecule has 0 unspecified atom stereocenters. The third-order valence-corrected chi connectivity index (χ3v) is 7.14. The van der Waals surface area contributed by atoms with Gasteiger partial charge in [-0.25, -0.2) is 0 Å². The van der Waals surface area contributed by atoms with Crippen LogP contribution in [0.25, 0.3) is 0 Å². The molecule has 2 heterocycles. The summed E-state index contributed by atoms with van der Waals surface area (Å²) in [6, 6.07) is 10.1. The van der Waals surface area contributed by atoms with Gasteiger partial charge in [-0.15, -0.1) is 0 Å². The van der Waals surface area contributed by atoms with Gasteiger partial charge in [0.2, 0.25) is 5.91 Å². The predicted octanol–water partition coefficient (Wildman–Crippen LogP) is 4.46. The van der Waals surface area contributed by atoms with E-state index in [1.807, 2.05) is 30.3 Å². The number of anilines is 1. The van der Waals surface area contributed by atoms with E-state index in [1.165, 1.54) is 11.3 Å². The number of amides is 2. The molecule has 7 nitrogen and oxygen atoms in total. The van der Waals surface area contributed by atoms with Crippen molar-refractivity contribution in [2.75, 3.05) is 11.4 Å². The molecule has 0 spiro atoms. The van der Waals surface area contributed by atoms with Crippen LogP contribution in [0.2, 0.25) is 0 Å².